The van der Waals surface area contributed by atoms with Gasteiger partial charge in [0.05, 0.1) is 23.0 Å². The summed E-state index contributed by atoms with van der Waals surface area (Å²) in [5, 5.41) is 0. The Bertz CT molecular complexity index is 1230. The van der Waals surface area contributed by atoms with E-state index in [-0.39, 0.29) is 34.1 Å². The van der Waals surface area contributed by atoms with Crippen molar-refractivity contribution >= 4 is 27.5 Å². The molecule has 1 amide bonds. The summed E-state index contributed by atoms with van der Waals surface area (Å²) in [6, 6.07) is 6.81. The molecule has 3 aromatic rings. The van der Waals surface area contributed by atoms with Gasteiger partial charge in [-0.3, -0.25) is 14.6 Å². The third-order valence-electron chi connectivity index (χ3n) is 3.99. The smallest absolute Gasteiger partial charge is 0.264 e. The molecule has 2 heterocycles. The van der Waals surface area contributed by atoms with Crippen molar-refractivity contribution in [2.24, 2.45) is 0 Å². The van der Waals surface area contributed by atoms with Gasteiger partial charge in [0, 0.05) is 25.1 Å². The van der Waals surface area contributed by atoms with Crippen molar-refractivity contribution in [3.63, 3.8) is 0 Å². The van der Waals surface area contributed by atoms with E-state index in [1.54, 1.807) is 0 Å². The molecule has 0 fully saturated rings. The fraction of sp³-hybridized carbons (Fsp3) is 0.105. The first-order valence-corrected chi connectivity index (χ1v) is 10.0. The molecule has 0 spiro atoms. The van der Waals surface area contributed by atoms with Crippen LogP contribution < -0.4 is 10.5 Å². The SMILES string of the molecule is CC(=O)NS(=O)(=O)c1ccc(CC(=O)c2nc(-c3ccncc3F)cnc2N)cc1. The molecule has 11 heteroatoms. The monoisotopic (exact) mass is 429 g/mol. The van der Waals surface area contributed by atoms with Gasteiger partial charge in [-0.2, -0.15) is 0 Å². The predicted molar refractivity (Wildman–Crippen MR) is 105 cm³/mol. The number of nitrogen functional groups attached to an aromatic ring is 1. The number of carbonyl (C=O) groups is 2. The van der Waals surface area contributed by atoms with E-state index in [0.717, 1.165) is 13.1 Å². The molecule has 0 aliphatic carbocycles. The largest absolute Gasteiger partial charge is 0.382 e. The Balaban J connectivity index is 1.84. The molecule has 1 aromatic carbocycles. The Hall–Kier alpha value is -3.73. The van der Waals surface area contributed by atoms with Crippen LogP contribution in [0.2, 0.25) is 0 Å². The van der Waals surface area contributed by atoms with Crippen LogP contribution in [0.15, 0.2) is 53.8 Å². The number of halogens is 1. The average molecular weight is 429 g/mol. The number of hydrogen-bond acceptors (Lipinski definition) is 8. The highest BCUT2D eigenvalue weighted by atomic mass is 32.2. The molecule has 2 aromatic heterocycles. The maximum Gasteiger partial charge on any atom is 0.264 e. The molecule has 0 aliphatic rings. The van der Waals surface area contributed by atoms with Crippen LogP contribution in [-0.4, -0.2) is 35.1 Å². The summed E-state index contributed by atoms with van der Waals surface area (Å²) >= 11 is 0. The van der Waals surface area contributed by atoms with Crippen LogP contribution in [0.3, 0.4) is 0 Å². The van der Waals surface area contributed by atoms with E-state index in [1.807, 2.05) is 4.72 Å². The molecule has 30 heavy (non-hydrogen) atoms. The van der Waals surface area contributed by atoms with Crippen LogP contribution in [0.25, 0.3) is 11.3 Å². The number of nitrogens with zero attached hydrogens (tertiary/aromatic N) is 3. The van der Waals surface area contributed by atoms with Crippen LogP contribution in [-0.2, 0) is 21.2 Å². The minimum atomic E-state index is -3.97. The number of benzene rings is 1. The summed E-state index contributed by atoms with van der Waals surface area (Å²) in [5.74, 6) is -1.92. The zero-order valence-corrected chi connectivity index (χ0v) is 16.5. The van der Waals surface area contributed by atoms with Gasteiger partial charge in [-0.25, -0.2) is 27.5 Å². The zero-order chi connectivity index (χ0) is 21.9. The van der Waals surface area contributed by atoms with E-state index >= 15 is 0 Å². The molecule has 0 radical (unpaired) electrons. The molecule has 0 saturated carbocycles. The summed E-state index contributed by atoms with van der Waals surface area (Å²) in [4.78, 5) is 35.3. The van der Waals surface area contributed by atoms with E-state index in [0.29, 0.717) is 5.56 Å². The summed E-state index contributed by atoms with van der Waals surface area (Å²) in [5.41, 5.74) is 6.38. The van der Waals surface area contributed by atoms with E-state index in [4.69, 9.17) is 5.73 Å². The summed E-state index contributed by atoms with van der Waals surface area (Å²) < 4.78 is 39.7. The number of nitrogens with one attached hydrogen (secondary N) is 1. The second-order valence-electron chi connectivity index (χ2n) is 6.25. The van der Waals surface area contributed by atoms with E-state index in [9.17, 15) is 22.4 Å². The second-order valence-corrected chi connectivity index (χ2v) is 7.93. The Morgan fingerprint density at radius 3 is 2.47 bits per heavy atom. The molecule has 0 saturated heterocycles. The van der Waals surface area contributed by atoms with E-state index in [1.165, 1.54) is 42.7 Å². The Kier molecular flexibility index (Phi) is 5.83. The van der Waals surface area contributed by atoms with Gasteiger partial charge in [0.15, 0.2) is 17.4 Å². The summed E-state index contributed by atoms with van der Waals surface area (Å²) in [7, 11) is -3.97. The van der Waals surface area contributed by atoms with Gasteiger partial charge in [0.1, 0.15) is 5.69 Å². The zero-order valence-electron chi connectivity index (χ0n) is 15.7. The predicted octanol–water partition coefficient (Wildman–Crippen LogP) is 1.51. The first-order chi connectivity index (χ1) is 14.2. The number of carbonyl (C=O) groups excluding carboxylic acids is 2. The average Bonchev–Trinajstić information content (AvgIpc) is 2.68. The number of anilines is 1. The maximum absolute atomic E-state index is 13.9. The van der Waals surface area contributed by atoms with Crippen molar-refractivity contribution in [2.75, 3.05) is 5.73 Å². The fourth-order valence-corrected chi connectivity index (χ4v) is 3.61. The van der Waals surface area contributed by atoms with Crippen molar-refractivity contribution in [1.82, 2.24) is 19.7 Å². The first-order valence-electron chi connectivity index (χ1n) is 8.55. The van der Waals surface area contributed by atoms with Gasteiger partial charge in [0.2, 0.25) is 5.91 Å². The number of hydrogen-bond donors (Lipinski definition) is 2. The van der Waals surface area contributed by atoms with E-state index in [2.05, 4.69) is 15.0 Å². The molecule has 3 N–H and O–H groups in total. The quantitative estimate of drug-likeness (QED) is 0.561. The Morgan fingerprint density at radius 2 is 1.83 bits per heavy atom. The van der Waals surface area contributed by atoms with Crippen molar-refractivity contribution in [3.8, 4) is 11.3 Å². The van der Waals surface area contributed by atoms with Crippen LogP contribution in [0.5, 0.6) is 0 Å². The lowest BCUT2D eigenvalue weighted by molar-refractivity contribution is -0.117. The lowest BCUT2D eigenvalue weighted by Crippen LogP contribution is -2.28. The normalized spacial score (nSPS) is 11.1. The molecule has 0 aliphatic heterocycles. The number of rotatable bonds is 6. The minimum absolute atomic E-state index is 0.108. The number of aromatic nitrogens is 3. The highest BCUT2D eigenvalue weighted by molar-refractivity contribution is 7.90. The van der Waals surface area contributed by atoms with Crippen LogP contribution in [0.1, 0.15) is 23.0 Å². The van der Waals surface area contributed by atoms with E-state index < -0.39 is 27.5 Å². The molecular weight excluding hydrogens is 413 g/mol. The van der Waals surface area contributed by atoms with Crippen LogP contribution in [0.4, 0.5) is 10.2 Å². The van der Waals surface area contributed by atoms with Gasteiger partial charge in [-0.1, -0.05) is 12.1 Å². The molecule has 0 unspecified atom stereocenters. The summed E-state index contributed by atoms with van der Waals surface area (Å²) in [6.07, 6.45) is 3.52. The van der Waals surface area contributed by atoms with Crippen molar-refractivity contribution in [2.45, 2.75) is 18.2 Å². The lowest BCUT2D eigenvalue weighted by Gasteiger charge is -2.08. The molecule has 154 valence electrons. The molecule has 9 nitrogen and oxygen atoms in total. The molecule has 3 rings (SSSR count). The van der Waals surface area contributed by atoms with Crippen molar-refractivity contribution in [1.29, 1.82) is 0 Å². The molecule has 0 atom stereocenters. The number of pyridine rings is 1. The minimum Gasteiger partial charge on any atom is -0.382 e. The van der Waals surface area contributed by atoms with Gasteiger partial charge in [-0.05, 0) is 23.8 Å². The number of ketones is 1. The lowest BCUT2D eigenvalue weighted by atomic mass is 10.1. The first kappa shape index (κ1) is 21.0. The second kappa shape index (κ2) is 8.33. The van der Waals surface area contributed by atoms with Gasteiger partial charge < -0.3 is 5.73 Å². The van der Waals surface area contributed by atoms with Gasteiger partial charge in [-0.15, -0.1) is 0 Å². The van der Waals surface area contributed by atoms with Crippen LogP contribution >= 0.6 is 0 Å². The van der Waals surface area contributed by atoms with Crippen LogP contribution in [0, 0.1) is 5.82 Å². The van der Waals surface area contributed by atoms with Crippen molar-refractivity contribution < 1.29 is 22.4 Å². The van der Waals surface area contributed by atoms with Crippen molar-refractivity contribution in [3.05, 3.63) is 66.0 Å². The third kappa shape index (κ3) is 4.63. The standard InChI is InChI=1S/C19H16FN5O4S/c1-11(26)25-30(28,29)13-4-2-12(3-5-13)8-17(27)18-19(21)23-10-16(24-18)14-6-7-22-9-15(14)20/h2-7,9-10H,8H2,1H3,(H2,21,23)(H,25,26). The van der Waals surface area contributed by atoms with Gasteiger partial charge >= 0.3 is 0 Å². The number of Topliss-reactive ketones (excluding diaryl/α,β-unsaturated/α-hetero) is 1. The topological polar surface area (TPSA) is 145 Å². The number of nitrogens with two attached hydrogens (primary N) is 1. The highest BCUT2D eigenvalue weighted by Crippen LogP contribution is 2.22. The third-order valence-corrected chi connectivity index (χ3v) is 5.44. The molecular formula is C19H16FN5O4S. The Labute approximate surface area is 171 Å². The Morgan fingerprint density at radius 1 is 1.13 bits per heavy atom. The summed E-state index contributed by atoms with van der Waals surface area (Å²) in [6.45, 7) is 1.09. The number of sulfonamides is 1. The fourth-order valence-electron chi connectivity index (χ4n) is 2.62. The maximum atomic E-state index is 13.9. The molecule has 0 bridgehead atoms. The van der Waals surface area contributed by atoms with Gasteiger partial charge in [0.25, 0.3) is 10.0 Å². The number of amides is 1. The highest BCUT2D eigenvalue weighted by Gasteiger charge is 2.18.